The van der Waals surface area contributed by atoms with Gasteiger partial charge in [0.2, 0.25) is 0 Å². The minimum atomic E-state index is -0.335. The van der Waals surface area contributed by atoms with Gasteiger partial charge in [0, 0.05) is 29.1 Å². The number of anilines is 2. The number of carbonyl (C=O) groups is 1. The van der Waals surface area contributed by atoms with Gasteiger partial charge >= 0.3 is 0 Å². The predicted molar refractivity (Wildman–Crippen MR) is 129 cm³/mol. The number of nitrogens with zero attached hydrogens (tertiary/aromatic N) is 2. The smallest absolute Gasteiger partial charge is 0.251 e. The predicted octanol–water partition coefficient (Wildman–Crippen LogP) is 5.78. The molecule has 4 rings (SSSR count). The molecule has 5 nitrogen and oxygen atoms in total. The van der Waals surface area contributed by atoms with Crippen LogP contribution in [0.2, 0.25) is 0 Å². The highest BCUT2D eigenvalue weighted by Gasteiger charge is 2.10. The first-order valence-corrected chi connectivity index (χ1v) is 10.9. The lowest BCUT2D eigenvalue weighted by Gasteiger charge is -2.14. The van der Waals surface area contributed by atoms with Gasteiger partial charge in [0.1, 0.15) is 11.6 Å². The quantitative estimate of drug-likeness (QED) is 0.365. The van der Waals surface area contributed by atoms with Gasteiger partial charge in [-0.05, 0) is 67.8 Å². The summed E-state index contributed by atoms with van der Waals surface area (Å²) in [6.45, 7) is 2.02. The van der Waals surface area contributed by atoms with Crippen molar-refractivity contribution in [1.82, 2.24) is 15.3 Å². The van der Waals surface area contributed by atoms with E-state index in [-0.39, 0.29) is 17.8 Å². The maximum atomic E-state index is 13.5. The molecule has 0 saturated carbocycles. The fourth-order valence-corrected chi connectivity index (χ4v) is 3.45. The lowest BCUT2D eigenvalue weighted by molar-refractivity contribution is 0.0938. The minimum Gasteiger partial charge on any atom is -0.350 e. The average molecular weight is 441 g/mol. The van der Waals surface area contributed by atoms with E-state index in [0.717, 1.165) is 18.5 Å². The van der Waals surface area contributed by atoms with Crippen molar-refractivity contribution < 1.29 is 9.18 Å². The monoisotopic (exact) mass is 440 g/mol. The molecule has 0 spiro atoms. The fourth-order valence-electron chi connectivity index (χ4n) is 3.45. The van der Waals surface area contributed by atoms with Crippen molar-refractivity contribution in [2.45, 2.75) is 25.8 Å². The third-order valence-corrected chi connectivity index (χ3v) is 5.24. The molecule has 1 amide bonds. The second kappa shape index (κ2) is 10.5. The molecule has 3 aromatic carbocycles. The highest BCUT2D eigenvalue weighted by molar-refractivity contribution is 5.94. The van der Waals surface area contributed by atoms with E-state index in [4.69, 9.17) is 0 Å². The summed E-state index contributed by atoms with van der Waals surface area (Å²) in [4.78, 5) is 21.3. The van der Waals surface area contributed by atoms with Gasteiger partial charge in [0.25, 0.3) is 5.91 Å². The van der Waals surface area contributed by atoms with Crippen molar-refractivity contribution in [3.05, 3.63) is 108 Å². The van der Waals surface area contributed by atoms with E-state index in [1.54, 1.807) is 36.5 Å². The van der Waals surface area contributed by atoms with Crippen molar-refractivity contribution in [3.8, 4) is 11.4 Å². The summed E-state index contributed by atoms with van der Waals surface area (Å²) in [6.07, 6.45) is 3.41. The molecule has 0 aliphatic heterocycles. The van der Waals surface area contributed by atoms with Crippen LogP contribution in [-0.4, -0.2) is 21.9 Å². The second-order valence-corrected chi connectivity index (χ2v) is 7.88. The first-order chi connectivity index (χ1) is 16.1. The zero-order valence-corrected chi connectivity index (χ0v) is 18.3. The highest BCUT2D eigenvalue weighted by Crippen LogP contribution is 2.20. The number of aryl methyl sites for hydroxylation is 1. The molecule has 0 fully saturated rings. The topological polar surface area (TPSA) is 66.9 Å². The molecule has 1 atom stereocenters. The number of rotatable bonds is 8. The van der Waals surface area contributed by atoms with E-state index >= 15 is 0 Å². The largest absolute Gasteiger partial charge is 0.350 e. The van der Waals surface area contributed by atoms with Gasteiger partial charge in [-0.25, -0.2) is 14.4 Å². The summed E-state index contributed by atoms with van der Waals surface area (Å²) in [5, 5.41) is 6.25. The summed E-state index contributed by atoms with van der Waals surface area (Å²) in [5.74, 6) is 0.575. The van der Waals surface area contributed by atoms with Crippen molar-refractivity contribution in [3.63, 3.8) is 0 Å². The Hall–Kier alpha value is -4.06. The van der Waals surface area contributed by atoms with Crippen LogP contribution in [0.15, 0.2) is 91.1 Å². The van der Waals surface area contributed by atoms with E-state index in [2.05, 4.69) is 32.7 Å². The molecule has 1 unspecified atom stereocenters. The Balaban J connectivity index is 1.34. The number of aromatic nitrogens is 2. The van der Waals surface area contributed by atoms with Gasteiger partial charge in [0.05, 0.1) is 0 Å². The summed E-state index contributed by atoms with van der Waals surface area (Å²) >= 11 is 0. The number of carbonyl (C=O) groups excluding carboxylic acids is 1. The van der Waals surface area contributed by atoms with Gasteiger partial charge in [0.15, 0.2) is 5.82 Å². The standard InChI is InChI=1S/C27H25FN4O/c1-19(10-11-20-6-3-2-4-7-20)30-27(33)21-12-14-24(15-13-21)31-25-16-17-29-26(32-25)22-8-5-9-23(28)18-22/h2-9,12-19H,10-11H2,1H3,(H,30,33)(H,29,31,32). The molecular weight excluding hydrogens is 415 g/mol. The minimum absolute atomic E-state index is 0.0674. The number of halogens is 1. The zero-order chi connectivity index (χ0) is 23.0. The first kappa shape index (κ1) is 22.1. The zero-order valence-electron chi connectivity index (χ0n) is 18.3. The van der Waals surface area contributed by atoms with Crippen molar-refractivity contribution in [1.29, 1.82) is 0 Å². The molecule has 0 aliphatic rings. The van der Waals surface area contributed by atoms with E-state index in [1.807, 2.05) is 37.3 Å². The molecule has 0 aliphatic carbocycles. The van der Waals surface area contributed by atoms with Crippen LogP contribution in [0.4, 0.5) is 15.9 Å². The Labute approximate surface area is 192 Å². The van der Waals surface area contributed by atoms with Crippen molar-refractivity contribution >= 4 is 17.4 Å². The van der Waals surface area contributed by atoms with E-state index in [1.165, 1.54) is 17.7 Å². The highest BCUT2D eigenvalue weighted by atomic mass is 19.1. The fraction of sp³-hybridized carbons (Fsp3) is 0.148. The molecule has 33 heavy (non-hydrogen) atoms. The van der Waals surface area contributed by atoms with Crippen LogP contribution >= 0.6 is 0 Å². The van der Waals surface area contributed by atoms with Crippen LogP contribution in [0.5, 0.6) is 0 Å². The number of benzene rings is 3. The lowest BCUT2D eigenvalue weighted by Crippen LogP contribution is -2.32. The normalized spacial score (nSPS) is 11.6. The van der Waals surface area contributed by atoms with Gasteiger partial charge in [-0.3, -0.25) is 4.79 Å². The Morgan fingerprint density at radius 2 is 1.76 bits per heavy atom. The Bertz CT molecular complexity index is 1210. The molecule has 6 heteroatoms. The second-order valence-electron chi connectivity index (χ2n) is 7.88. The van der Waals surface area contributed by atoms with Crippen LogP contribution in [0.1, 0.15) is 29.3 Å². The van der Waals surface area contributed by atoms with Gasteiger partial charge in [-0.1, -0.05) is 42.5 Å². The van der Waals surface area contributed by atoms with E-state index < -0.39 is 0 Å². The van der Waals surface area contributed by atoms with Gasteiger partial charge in [-0.15, -0.1) is 0 Å². The van der Waals surface area contributed by atoms with Gasteiger partial charge in [-0.2, -0.15) is 0 Å². The summed E-state index contributed by atoms with van der Waals surface area (Å²) in [7, 11) is 0. The maximum absolute atomic E-state index is 13.5. The van der Waals surface area contributed by atoms with Crippen LogP contribution in [0, 0.1) is 5.82 Å². The Kier molecular flexibility index (Phi) is 7.05. The Morgan fingerprint density at radius 1 is 0.970 bits per heavy atom. The van der Waals surface area contributed by atoms with E-state index in [9.17, 15) is 9.18 Å². The third kappa shape index (κ3) is 6.23. The van der Waals surface area contributed by atoms with Crippen molar-refractivity contribution in [2.75, 3.05) is 5.32 Å². The molecule has 1 aromatic heterocycles. The Morgan fingerprint density at radius 3 is 2.52 bits per heavy atom. The van der Waals surface area contributed by atoms with Crippen LogP contribution in [0.25, 0.3) is 11.4 Å². The number of nitrogens with one attached hydrogen (secondary N) is 2. The molecule has 0 bridgehead atoms. The summed E-state index contributed by atoms with van der Waals surface area (Å²) in [6, 6.07) is 25.4. The first-order valence-electron chi connectivity index (χ1n) is 10.9. The van der Waals surface area contributed by atoms with Crippen molar-refractivity contribution in [2.24, 2.45) is 0 Å². The number of amides is 1. The summed E-state index contributed by atoms with van der Waals surface area (Å²) < 4.78 is 13.5. The molecule has 4 aromatic rings. The maximum Gasteiger partial charge on any atom is 0.251 e. The molecule has 0 saturated heterocycles. The van der Waals surface area contributed by atoms with Crippen LogP contribution < -0.4 is 10.6 Å². The average Bonchev–Trinajstić information content (AvgIpc) is 2.84. The molecule has 2 N–H and O–H groups in total. The number of hydrogen-bond acceptors (Lipinski definition) is 4. The number of hydrogen-bond donors (Lipinski definition) is 2. The molecule has 166 valence electrons. The summed E-state index contributed by atoms with van der Waals surface area (Å²) in [5.41, 5.74) is 3.24. The SMILES string of the molecule is CC(CCc1ccccc1)NC(=O)c1ccc(Nc2ccnc(-c3cccc(F)c3)n2)cc1. The lowest BCUT2D eigenvalue weighted by atomic mass is 10.1. The molecular formula is C27H25FN4O. The molecule has 1 heterocycles. The van der Waals surface area contributed by atoms with Gasteiger partial charge < -0.3 is 10.6 Å². The third-order valence-electron chi connectivity index (χ3n) is 5.24. The van der Waals surface area contributed by atoms with E-state index in [0.29, 0.717) is 22.8 Å². The van der Waals surface area contributed by atoms with Crippen LogP contribution in [0.3, 0.4) is 0 Å². The van der Waals surface area contributed by atoms with Crippen LogP contribution in [-0.2, 0) is 6.42 Å². The molecule has 0 radical (unpaired) electrons.